The number of ketones is 1. The normalized spacial score (nSPS) is 61.3. The first-order chi connectivity index (χ1) is 11.4. The fourth-order valence-corrected chi connectivity index (χ4v) is 8.56. The van der Waals surface area contributed by atoms with Crippen molar-refractivity contribution in [2.45, 2.75) is 84.0 Å². The van der Waals surface area contributed by atoms with E-state index >= 15 is 0 Å². The maximum Gasteiger partial charge on any atom is 0.133 e. The Kier molecular flexibility index (Phi) is 3.20. The molecule has 134 valence electrons. The van der Waals surface area contributed by atoms with Gasteiger partial charge < -0.3 is 9.84 Å². The second-order valence-corrected chi connectivity index (χ2v) is 10.2. The Labute approximate surface area is 145 Å². The van der Waals surface area contributed by atoms with E-state index in [2.05, 4.69) is 13.8 Å². The van der Waals surface area contributed by atoms with Crippen molar-refractivity contribution in [3.8, 4) is 0 Å². The van der Waals surface area contributed by atoms with Crippen LogP contribution in [0.3, 0.4) is 0 Å². The highest BCUT2D eigenvalue weighted by molar-refractivity contribution is 5.79. The van der Waals surface area contributed by atoms with Crippen LogP contribution in [0.1, 0.15) is 65.7 Å². The lowest BCUT2D eigenvalue weighted by molar-refractivity contribution is -0.133. The molecule has 0 amide bonds. The topological polar surface area (TPSA) is 46.5 Å². The first-order valence-electron chi connectivity index (χ1n) is 10.2. The summed E-state index contributed by atoms with van der Waals surface area (Å²) >= 11 is 0. The van der Waals surface area contributed by atoms with E-state index in [-0.39, 0.29) is 29.0 Å². The van der Waals surface area contributed by atoms with E-state index in [0.29, 0.717) is 29.6 Å². The summed E-state index contributed by atoms with van der Waals surface area (Å²) in [7, 11) is 0. The van der Waals surface area contributed by atoms with Crippen molar-refractivity contribution in [1.82, 2.24) is 0 Å². The average Bonchev–Trinajstić information content (AvgIpc) is 2.98. The first kappa shape index (κ1) is 15.8. The molecule has 1 N–H and O–H groups in total. The van der Waals surface area contributed by atoms with Crippen LogP contribution in [0.15, 0.2) is 0 Å². The third-order valence-electron chi connectivity index (χ3n) is 9.44. The summed E-state index contributed by atoms with van der Waals surface area (Å²) in [5.74, 6) is 3.37. The number of hydrogen-bond donors (Lipinski definition) is 1. The summed E-state index contributed by atoms with van der Waals surface area (Å²) in [4.78, 5) is 12.3. The third-order valence-corrected chi connectivity index (χ3v) is 9.44. The maximum atomic E-state index is 12.3. The van der Waals surface area contributed by atoms with Gasteiger partial charge in [0.25, 0.3) is 0 Å². The Morgan fingerprint density at radius 2 is 1.92 bits per heavy atom. The highest BCUT2D eigenvalue weighted by Gasteiger charge is 2.69. The predicted octanol–water partition coefficient (Wildman–Crippen LogP) is 3.58. The van der Waals surface area contributed by atoms with Crippen molar-refractivity contribution >= 4 is 5.78 Å². The van der Waals surface area contributed by atoms with Crippen molar-refractivity contribution in [1.29, 1.82) is 0 Å². The Balaban J connectivity index is 1.55. The van der Waals surface area contributed by atoms with Crippen LogP contribution in [0, 0.1) is 40.4 Å². The number of Topliss-reactive ketones (excluding diaryl/α,β-unsaturated/α-hetero) is 1. The molecule has 0 bridgehead atoms. The molecule has 3 nitrogen and oxygen atoms in total. The zero-order chi connectivity index (χ0) is 16.9. The van der Waals surface area contributed by atoms with Gasteiger partial charge in [0.2, 0.25) is 0 Å². The summed E-state index contributed by atoms with van der Waals surface area (Å²) in [5.41, 5.74) is 0.412. The fraction of sp³-hybridized carbons (Fsp3) is 0.952. The number of fused-ring (bicyclic) bond motifs is 2. The zero-order valence-corrected chi connectivity index (χ0v) is 15.3. The smallest absolute Gasteiger partial charge is 0.133 e. The highest BCUT2D eigenvalue weighted by atomic mass is 16.5. The number of carbonyl (C=O) groups is 1. The number of ether oxygens (including phenoxy) is 1. The molecule has 1 saturated heterocycles. The molecule has 5 rings (SSSR count). The molecule has 4 saturated carbocycles. The second kappa shape index (κ2) is 4.85. The summed E-state index contributed by atoms with van der Waals surface area (Å²) in [5, 5.41) is 10.3. The minimum Gasteiger partial charge on any atom is -0.393 e. The van der Waals surface area contributed by atoms with E-state index in [4.69, 9.17) is 4.74 Å². The van der Waals surface area contributed by atoms with Gasteiger partial charge in [0, 0.05) is 17.8 Å². The SMILES string of the molecule is CC(=O)[C@H]1CC[C@H]2[C@@H]3CC[C@@H]4C[C@H](O)C[C@@H]5O[C@H](C[C@]12C)[C@@H]3[C@]45C. The Hall–Kier alpha value is -0.410. The lowest BCUT2D eigenvalue weighted by Gasteiger charge is -2.58. The average molecular weight is 332 g/mol. The van der Waals surface area contributed by atoms with Gasteiger partial charge in [-0.25, -0.2) is 0 Å². The van der Waals surface area contributed by atoms with Gasteiger partial charge in [-0.1, -0.05) is 13.8 Å². The van der Waals surface area contributed by atoms with Gasteiger partial charge in [0.1, 0.15) is 5.78 Å². The van der Waals surface area contributed by atoms with Crippen LogP contribution in [0.4, 0.5) is 0 Å². The van der Waals surface area contributed by atoms with E-state index in [1.54, 1.807) is 6.92 Å². The molecule has 0 aromatic rings. The van der Waals surface area contributed by atoms with Gasteiger partial charge in [-0.3, -0.25) is 4.79 Å². The number of carbonyl (C=O) groups excluding carboxylic acids is 1. The number of aliphatic hydroxyl groups is 1. The van der Waals surface area contributed by atoms with Crippen LogP contribution in [0.5, 0.6) is 0 Å². The van der Waals surface area contributed by atoms with E-state index < -0.39 is 0 Å². The van der Waals surface area contributed by atoms with Crippen molar-refractivity contribution in [3.63, 3.8) is 0 Å². The van der Waals surface area contributed by atoms with Crippen LogP contribution >= 0.6 is 0 Å². The molecule has 5 fully saturated rings. The van der Waals surface area contributed by atoms with Crippen molar-refractivity contribution in [2.24, 2.45) is 40.4 Å². The second-order valence-electron chi connectivity index (χ2n) is 10.2. The predicted molar refractivity (Wildman–Crippen MR) is 91.3 cm³/mol. The van der Waals surface area contributed by atoms with Gasteiger partial charge >= 0.3 is 0 Å². The van der Waals surface area contributed by atoms with E-state index in [1.165, 1.54) is 19.3 Å². The Morgan fingerprint density at radius 1 is 1.12 bits per heavy atom. The molecule has 24 heavy (non-hydrogen) atoms. The van der Waals surface area contributed by atoms with E-state index in [0.717, 1.165) is 31.6 Å². The van der Waals surface area contributed by atoms with Crippen LogP contribution in [0.2, 0.25) is 0 Å². The summed E-state index contributed by atoms with van der Waals surface area (Å²) in [6.07, 6.45) is 8.11. The van der Waals surface area contributed by atoms with Gasteiger partial charge in [0.05, 0.1) is 18.3 Å². The molecule has 4 aliphatic carbocycles. The zero-order valence-electron chi connectivity index (χ0n) is 15.3. The lowest BCUT2D eigenvalue weighted by atomic mass is 9.44. The molecule has 3 heteroatoms. The van der Waals surface area contributed by atoms with Gasteiger partial charge in [-0.05, 0) is 74.5 Å². The molecular weight excluding hydrogens is 300 g/mol. The Bertz CT molecular complexity index is 573. The molecular formula is C21H32O3. The van der Waals surface area contributed by atoms with E-state index in [1.807, 2.05) is 0 Å². The van der Waals surface area contributed by atoms with Crippen LogP contribution < -0.4 is 0 Å². The molecule has 1 heterocycles. The number of rotatable bonds is 1. The summed E-state index contributed by atoms with van der Waals surface area (Å²) in [6, 6.07) is 0. The molecule has 10 atom stereocenters. The summed E-state index contributed by atoms with van der Waals surface area (Å²) < 4.78 is 6.65. The molecule has 0 aromatic heterocycles. The number of hydrogen-bond acceptors (Lipinski definition) is 3. The quantitative estimate of drug-likeness (QED) is 0.798. The lowest BCUT2D eigenvalue weighted by Crippen LogP contribution is -2.57. The highest BCUT2D eigenvalue weighted by Crippen LogP contribution is 2.71. The van der Waals surface area contributed by atoms with Gasteiger partial charge in [-0.2, -0.15) is 0 Å². The molecule has 5 aliphatic rings. The molecule has 0 spiro atoms. The Morgan fingerprint density at radius 3 is 2.67 bits per heavy atom. The minimum absolute atomic E-state index is 0.146. The van der Waals surface area contributed by atoms with Gasteiger partial charge in [0.15, 0.2) is 0 Å². The fourth-order valence-electron chi connectivity index (χ4n) is 8.56. The molecule has 0 radical (unpaired) electrons. The molecule has 0 aromatic carbocycles. The van der Waals surface area contributed by atoms with Gasteiger partial charge in [-0.15, -0.1) is 0 Å². The van der Waals surface area contributed by atoms with Crippen molar-refractivity contribution in [3.05, 3.63) is 0 Å². The monoisotopic (exact) mass is 332 g/mol. The van der Waals surface area contributed by atoms with Crippen LogP contribution in [-0.4, -0.2) is 29.2 Å². The summed E-state index contributed by atoms with van der Waals surface area (Å²) in [6.45, 7) is 6.67. The standard InChI is InChI=1S/C21H32O3/c1-11(22)15-6-7-16-14-5-4-12-8-13(23)9-18-21(12,3)19(14)17(24-18)10-20(15,16)2/h12-19,23H,4-10H2,1-3H3/t12-,13+,14+,15-,16+,17-,18+,19-,20-,21-/m1/s1. The molecule has 0 unspecified atom stereocenters. The van der Waals surface area contributed by atoms with E-state index in [9.17, 15) is 9.90 Å². The van der Waals surface area contributed by atoms with Crippen molar-refractivity contribution < 1.29 is 14.6 Å². The minimum atomic E-state index is -0.176. The largest absolute Gasteiger partial charge is 0.393 e. The van der Waals surface area contributed by atoms with Crippen LogP contribution in [-0.2, 0) is 9.53 Å². The molecule has 1 aliphatic heterocycles. The number of aliphatic hydroxyl groups excluding tert-OH is 1. The van der Waals surface area contributed by atoms with Crippen LogP contribution in [0.25, 0.3) is 0 Å². The first-order valence-corrected chi connectivity index (χ1v) is 10.2. The maximum absolute atomic E-state index is 12.3. The van der Waals surface area contributed by atoms with Crippen molar-refractivity contribution in [2.75, 3.05) is 0 Å². The third kappa shape index (κ3) is 1.74.